The maximum atomic E-state index is 6.47. The number of fused-ring (bicyclic) bond motifs is 1. The van der Waals surface area contributed by atoms with Gasteiger partial charge in [0.25, 0.3) is 0 Å². The van der Waals surface area contributed by atoms with Crippen LogP contribution in [0.25, 0.3) is 0 Å². The van der Waals surface area contributed by atoms with Gasteiger partial charge in [-0.15, -0.1) is 11.3 Å². The average Bonchev–Trinajstić information content (AvgIpc) is 2.77. The van der Waals surface area contributed by atoms with Crippen LogP contribution in [0.4, 0.5) is 0 Å². The molecule has 0 radical (unpaired) electrons. The summed E-state index contributed by atoms with van der Waals surface area (Å²) in [5.41, 5.74) is 10.6. The molecule has 106 valence electrons. The molecule has 0 saturated carbocycles. The van der Waals surface area contributed by atoms with Gasteiger partial charge in [-0.25, -0.2) is 0 Å². The highest BCUT2D eigenvalue weighted by atomic mass is 32.1. The fraction of sp³-hybridized carbons (Fsp3) is 0.444. The molecular formula is C18H23NS. The number of nitrogens with two attached hydrogens (primary N) is 1. The summed E-state index contributed by atoms with van der Waals surface area (Å²) in [5, 5.41) is 0. The molecular weight excluding hydrogens is 262 g/mol. The lowest BCUT2D eigenvalue weighted by Crippen LogP contribution is -2.10. The van der Waals surface area contributed by atoms with Gasteiger partial charge >= 0.3 is 0 Å². The van der Waals surface area contributed by atoms with Gasteiger partial charge in [-0.1, -0.05) is 37.6 Å². The van der Waals surface area contributed by atoms with Crippen molar-refractivity contribution >= 4 is 11.3 Å². The lowest BCUT2D eigenvalue weighted by molar-refractivity contribution is 0.712. The molecule has 1 aliphatic carbocycles. The van der Waals surface area contributed by atoms with Crippen LogP contribution in [0.2, 0.25) is 0 Å². The minimum atomic E-state index is 0.0397. The number of hydrogen-bond donors (Lipinski definition) is 1. The van der Waals surface area contributed by atoms with Gasteiger partial charge in [-0.2, -0.15) is 0 Å². The number of rotatable bonds is 3. The van der Waals surface area contributed by atoms with Crippen molar-refractivity contribution in [3.63, 3.8) is 0 Å². The van der Waals surface area contributed by atoms with Crippen LogP contribution in [0.5, 0.6) is 0 Å². The molecule has 1 atom stereocenters. The summed E-state index contributed by atoms with van der Waals surface area (Å²) in [6.07, 6.45) is 7.63. The maximum absolute atomic E-state index is 6.47. The predicted octanol–water partition coefficient (Wildman–Crippen LogP) is 4.63. The smallest absolute Gasteiger partial charge is 0.0646 e. The SMILES string of the molecule is CCc1ccc(C(N)c2cc3c(s2)CCCCC3)cc1. The monoisotopic (exact) mass is 285 g/mol. The van der Waals surface area contributed by atoms with E-state index < -0.39 is 0 Å². The van der Waals surface area contributed by atoms with E-state index in [-0.39, 0.29) is 6.04 Å². The van der Waals surface area contributed by atoms with Crippen LogP contribution in [-0.4, -0.2) is 0 Å². The molecule has 2 aromatic rings. The Hall–Kier alpha value is -1.12. The molecule has 0 saturated heterocycles. The summed E-state index contributed by atoms with van der Waals surface area (Å²) in [6.45, 7) is 2.19. The third-order valence-corrected chi connectivity index (χ3v) is 5.64. The van der Waals surface area contributed by atoms with E-state index >= 15 is 0 Å². The highest BCUT2D eigenvalue weighted by molar-refractivity contribution is 7.12. The first-order valence-corrected chi connectivity index (χ1v) is 8.55. The minimum absolute atomic E-state index is 0.0397. The zero-order valence-corrected chi connectivity index (χ0v) is 13.0. The topological polar surface area (TPSA) is 26.0 Å². The van der Waals surface area contributed by atoms with Crippen molar-refractivity contribution in [2.45, 2.75) is 51.5 Å². The number of thiophene rings is 1. The van der Waals surface area contributed by atoms with E-state index in [0.717, 1.165) is 6.42 Å². The Morgan fingerprint density at radius 2 is 1.85 bits per heavy atom. The van der Waals surface area contributed by atoms with Gasteiger partial charge in [0, 0.05) is 9.75 Å². The molecule has 1 aromatic carbocycles. The third kappa shape index (κ3) is 2.82. The summed E-state index contributed by atoms with van der Waals surface area (Å²) < 4.78 is 0. The summed E-state index contributed by atoms with van der Waals surface area (Å²) in [4.78, 5) is 2.92. The summed E-state index contributed by atoms with van der Waals surface area (Å²) in [7, 11) is 0. The molecule has 0 bridgehead atoms. The Bertz CT molecular complexity index is 544. The van der Waals surface area contributed by atoms with Crippen molar-refractivity contribution in [2.75, 3.05) is 0 Å². The largest absolute Gasteiger partial charge is 0.320 e. The normalized spacial score (nSPS) is 16.5. The molecule has 0 spiro atoms. The van der Waals surface area contributed by atoms with Crippen LogP contribution in [0.3, 0.4) is 0 Å². The van der Waals surface area contributed by atoms with Crippen LogP contribution < -0.4 is 5.73 Å². The molecule has 1 aromatic heterocycles. The summed E-state index contributed by atoms with van der Waals surface area (Å²) >= 11 is 1.94. The molecule has 0 aliphatic heterocycles. The van der Waals surface area contributed by atoms with Crippen molar-refractivity contribution in [3.05, 3.63) is 56.8 Å². The Labute approximate surface area is 125 Å². The Kier molecular flexibility index (Phi) is 4.23. The van der Waals surface area contributed by atoms with E-state index in [1.165, 1.54) is 48.1 Å². The minimum Gasteiger partial charge on any atom is -0.320 e. The Morgan fingerprint density at radius 3 is 2.60 bits per heavy atom. The molecule has 1 aliphatic rings. The molecule has 0 fully saturated rings. The Morgan fingerprint density at radius 1 is 1.10 bits per heavy atom. The van der Waals surface area contributed by atoms with Gasteiger partial charge in [-0.05, 0) is 54.9 Å². The molecule has 20 heavy (non-hydrogen) atoms. The van der Waals surface area contributed by atoms with Gasteiger partial charge < -0.3 is 5.73 Å². The molecule has 1 heterocycles. The van der Waals surface area contributed by atoms with Crippen molar-refractivity contribution in [3.8, 4) is 0 Å². The number of hydrogen-bond acceptors (Lipinski definition) is 2. The van der Waals surface area contributed by atoms with E-state index in [1.807, 2.05) is 11.3 Å². The van der Waals surface area contributed by atoms with Gasteiger partial charge in [0.15, 0.2) is 0 Å². The van der Waals surface area contributed by atoms with Gasteiger partial charge in [-0.3, -0.25) is 0 Å². The molecule has 1 nitrogen and oxygen atoms in total. The van der Waals surface area contributed by atoms with E-state index in [4.69, 9.17) is 5.73 Å². The number of benzene rings is 1. The standard InChI is InChI=1S/C18H23NS/c1-2-13-8-10-14(11-9-13)18(19)17-12-15-6-4-3-5-7-16(15)20-17/h8-12,18H,2-7,19H2,1H3. The zero-order valence-electron chi connectivity index (χ0n) is 12.2. The van der Waals surface area contributed by atoms with E-state index in [9.17, 15) is 0 Å². The highest BCUT2D eigenvalue weighted by Crippen LogP contribution is 2.33. The Balaban J connectivity index is 1.84. The molecule has 2 N–H and O–H groups in total. The second kappa shape index (κ2) is 6.11. The van der Waals surface area contributed by atoms with Crippen molar-refractivity contribution in [2.24, 2.45) is 5.73 Å². The molecule has 2 heteroatoms. The maximum Gasteiger partial charge on any atom is 0.0646 e. The first-order valence-electron chi connectivity index (χ1n) is 7.74. The summed E-state index contributed by atoms with van der Waals surface area (Å²) in [5.74, 6) is 0. The molecule has 0 amide bonds. The molecule has 1 unspecified atom stereocenters. The zero-order chi connectivity index (χ0) is 13.9. The fourth-order valence-electron chi connectivity index (χ4n) is 2.97. The number of aryl methyl sites for hydroxylation is 3. The van der Waals surface area contributed by atoms with E-state index in [2.05, 4.69) is 37.3 Å². The van der Waals surface area contributed by atoms with E-state index in [0.29, 0.717) is 0 Å². The van der Waals surface area contributed by atoms with Crippen molar-refractivity contribution in [1.82, 2.24) is 0 Å². The van der Waals surface area contributed by atoms with Gasteiger partial charge in [0.2, 0.25) is 0 Å². The van der Waals surface area contributed by atoms with Crippen LogP contribution in [0.1, 0.15) is 58.7 Å². The predicted molar refractivity (Wildman–Crippen MR) is 87.4 cm³/mol. The highest BCUT2D eigenvalue weighted by Gasteiger charge is 2.17. The second-order valence-electron chi connectivity index (χ2n) is 5.73. The first kappa shape index (κ1) is 13.8. The van der Waals surface area contributed by atoms with Crippen LogP contribution in [0.15, 0.2) is 30.3 Å². The van der Waals surface area contributed by atoms with E-state index in [1.54, 1.807) is 10.4 Å². The van der Waals surface area contributed by atoms with Gasteiger partial charge in [0.05, 0.1) is 6.04 Å². The third-order valence-electron chi connectivity index (χ3n) is 4.32. The van der Waals surface area contributed by atoms with Crippen LogP contribution >= 0.6 is 11.3 Å². The van der Waals surface area contributed by atoms with Crippen molar-refractivity contribution < 1.29 is 0 Å². The second-order valence-corrected chi connectivity index (χ2v) is 6.90. The fourth-order valence-corrected chi connectivity index (χ4v) is 4.26. The van der Waals surface area contributed by atoms with Crippen LogP contribution in [-0.2, 0) is 19.3 Å². The van der Waals surface area contributed by atoms with Crippen LogP contribution in [0, 0.1) is 0 Å². The summed E-state index contributed by atoms with van der Waals surface area (Å²) in [6, 6.07) is 11.2. The van der Waals surface area contributed by atoms with Gasteiger partial charge in [0.1, 0.15) is 0 Å². The average molecular weight is 285 g/mol. The first-order chi connectivity index (χ1) is 9.78. The quantitative estimate of drug-likeness (QED) is 0.818. The lowest BCUT2D eigenvalue weighted by atomic mass is 10.0. The van der Waals surface area contributed by atoms with Crippen molar-refractivity contribution in [1.29, 1.82) is 0 Å². The lowest BCUT2D eigenvalue weighted by Gasteiger charge is -2.10. The molecule has 3 rings (SSSR count).